The molecule has 0 bridgehead atoms. The number of nitrogens with zero attached hydrogens (tertiary/aromatic N) is 1. The number of hydrogen-bond donors (Lipinski definition) is 2. The molecule has 1 aliphatic heterocycles. The molecule has 0 spiro atoms. The Morgan fingerprint density at radius 1 is 1.47 bits per heavy atom. The largest absolute Gasteiger partial charge is 0.399 e. The van der Waals surface area contributed by atoms with E-state index < -0.39 is 0 Å². The maximum atomic E-state index is 12.1. The normalized spacial score (nSPS) is 14.4. The molecule has 104 valence electrons. The molecule has 1 aliphatic rings. The van der Waals surface area contributed by atoms with Crippen molar-refractivity contribution >= 4 is 17.3 Å². The average Bonchev–Trinajstić information content (AvgIpc) is 2.71. The van der Waals surface area contributed by atoms with Crippen molar-refractivity contribution in [3.8, 4) is 0 Å². The molecule has 0 aromatic heterocycles. The third-order valence-electron chi connectivity index (χ3n) is 3.80. The second-order valence-electron chi connectivity index (χ2n) is 5.85. The van der Waals surface area contributed by atoms with Crippen LogP contribution in [0.15, 0.2) is 18.2 Å². The molecule has 0 fully saturated rings. The molecule has 4 nitrogen and oxygen atoms in total. The van der Waals surface area contributed by atoms with Gasteiger partial charge in [0.25, 0.3) is 0 Å². The molecule has 1 heterocycles. The van der Waals surface area contributed by atoms with E-state index in [4.69, 9.17) is 5.73 Å². The van der Waals surface area contributed by atoms with Crippen molar-refractivity contribution in [1.82, 2.24) is 5.32 Å². The zero-order valence-electron chi connectivity index (χ0n) is 12.0. The van der Waals surface area contributed by atoms with E-state index in [2.05, 4.69) is 23.2 Å². The van der Waals surface area contributed by atoms with Crippen molar-refractivity contribution in [2.45, 2.75) is 39.2 Å². The van der Waals surface area contributed by atoms with Gasteiger partial charge in [0.05, 0.1) is 6.54 Å². The van der Waals surface area contributed by atoms with E-state index in [1.165, 1.54) is 5.56 Å². The molecule has 1 aromatic carbocycles. The third-order valence-corrected chi connectivity index (χ3v) is 3.80. The summed E-state index contributed by atoms with van der Waals surface area (Å²) in [6.45, 7) is 7.45. The van der Waals surface area contributed by atoms with E-state index in [9.17, 15) is 4.79 Å². The molecule has 0 radical (unpaired) electrons. The lowest BCUT2D eigenvalue weighted by atomic mass is 10.0. The van der Waals surface area contributed by atoms with Crippen LogP contribution in [0.2, 0.25) is 0 Å². The zero-order valence-corrected chi connectivity index (χ0v) is 12.0. The van der Waals surface area contributed by atoms with Crippen LogP contribution in [0, 0.1) is 0 Å². The van der Waals surface area contributed by atoms with E-state index in [1.807, 2.05) is 26.0 Å². The summed E-state index contributed by atoms with van der Waals surface area (Å²) in [4.78, 5) is 14.2. The average molecular weight is 261 g/mol. The summed E-state index contributed by atoms with van der Waals surface area (Å²) in [7, 11) is 0. The van der Waals surface area contributed by atoms with Gasteiger partial charge in [-0.2, -0.15) is 0 Å². The van der Waals surface area contributed by atoms with Gasteiger partial charge in [0.1, 0.15) is 0 Å². The van der Waals surface area contributed by atoms with Crippen LogP contribution in [0.25, 0.3) is 0 Å². The van der Waals surface area contributed by atoms with Gasteiger partial charge in [-0.15, -0.1) is 0 Å². The quantitative estimate of drug-likeness (QED) is 0.814. The monoisotopic (exact) mass is 261 g/mol. The number of carbonyl (C=O) groups is 1. The minimum absolute atomic E-state index is 0.0714. The summed E-state index contributed by atoms with van der Waals surface area (Å²) < 4.78 is 0. The second-order valence-corrected chi connectivity index (χ2v) is 5.85. The highest BCUT2D eigenvalue weighted by Crippen LogP contribution is 2.29. The fraction of sp³-hybridized carbons (Fsp3) is 0.533. The lowest BCUT2D eigenvalue weighted by Crippen LogP contribution is -2.47. The molecule has 4 heteroatoms. The van der Waals surface area contributed by atoms with Gasteiger partial charge >= 0.3 is 0 Å². The Balaban J connectivity index is 2.03. The van der Waals surface area contributed by atoms with Crippen molar-refractivity contribution in [2.24, 2.45) is 0 Å². The molecule has 3 N–H and O–H groups in total. The van der Waals surface area contributed by atoms with Crippen molar-refractivity contribution in [3.05, 3.63) is 23.8 Å². The molecular weight excluding hydrogens is 238 g/mol. The predicted octanol–water partition coefficient (Wildman–Crippen LogP) is 1.94. The Morgan fingerprint density at radius 2 is 2.21 bits per heavy atom. The Bertz CT molecular complexity index is 482. The van der Waals surface area contributed by atoms with E-state index >= 15 is 0 Å². The number of carbonyl (C=O) groups excluding carboxylic acids is 1. The highest BCUT2D eigenvalue weighted by molar-refractivity contribution is 5.83. The highest BCUT2D eigenvalue weighted by atomic mass is 16.2. The molecule has 0 atom stereocenters. The first kappa shape index (κ1) is 13.7. The molecule has 1 aromatic rings. The topological polar surface area (TPSA) is 58.4 Å². The summed E-state index contributed by atoms with van der Waals surface area (Å²) in [5, 5.41) is 3.07. The minimum atomic E-state index is -0.143. The van der Waals surface area contributed by atoms with Crippen LogP contribution in [0.5, 0.6) is 0 Å². The van der Waals surface area contributed by atoms with Gasteiger partial charge in [0.15, 0.2) is 0 Å². The van der Waals surface area contributed by atoms with E-state index in [1.54, 1.807) is 0 Å². The summed E-state index contributed by atoms with van der Waals surface area (Å²) in [5.74, 6) is 0.0714. The summed E-state index contributed by atoms with van der Waals surface area (Å²) in [6.07, 6.45) is 1.91. The fourth-order valence-electron chi connectivity index (χ4n) is 2.31. The number of benzene rings is 1. The minimum Gasteiger partial charge on any atom is -0.399 e. The molecule has 19 heavy (non-hydrogen) atoms. The van der Waals surface area contributed by atoms with Gasteiger partial charge < -0.3 is 16.0 Å². The summed E-state index contributed by atoms with van der Waals surface area (Å²) in [5.41, 5.74) is 8.80. The molecule has 0 aliphatic carbocycles. The maximum absolute atomic E-state index is 12.1. The highest BCUT2D eigenvalue weighted by Gasteiger charge is 2.24. The van der Waals surface area contributed by atoms with Gasteiger partial charge in [-0.25, -0.2) is 0 Å². The number of nitrogens with one attached hydrogen (secondary N) is 1. The van der Waals surface area contributed by atoms with E-state index in [0.29, 0.717) is 6.54 Å². The SMILES string of the molecule is CCC(C)(C)NC(=O)CN1CCc2ccc(N)cc21. The maximum Gasteiger partial charge on any atom is 0.239 e. The standard InChI is InChI=1S/C15H23N3O/c1-4-15(2,3)17-14(19)10-18-8-7-11-5-6-12(16)9-13(11)18/h5-6,9H,4,7-8,10,16H2,1-3H3,(H,17,19). The first-order valence-corrected chi connectivity index (χ1v) is 6.85. The Morgan fingerprint density at radius 3 is 2.89 bits per heavy atom. The third kappa shape index (κ3) is 3.19. The van der Waals surface area contributed by atoms with Crippen molar-refractivity contribution in [1.29, 1.82) is 0 Å². The number of anilines is 2. The van der Waals surface area contributed by atoms with Crippen LogP contribution in [0.3, 0.4) is 0 Å². The summed E-state index contributed by atoms with van der Waals surface area (Å²) >= 11 is 0. The molecule has 0 saturated carbocycles. The van der Waals surface area contributed by atoms with Crippen LogP contribution in [0.1, 0.15) is 32.8 Å². The molecule has 2 rings (SSSR count). The number of amides is 1. The Hall–Kier alpha value is -1.71. The van der Waals surface area contributed by atoms with Crippen molar-refractivity contribution in [3.63, 3.8) is 0 Å². The van der Waals surface area contributed by atoms with Crippen molar-refractivity contribution in [2.75, 3.05) is 23.7 Å². The fourth-order valence-corrected chi connectivity index (χ4v) is 2.31. The van der Waals surface area contributed by atoms with Gasteiger partial charge in [-0.05, 0) is 44.4 Å². The van der Waals surface area contributed by atoms with Gasteiger partial charge in [-0.1, -0.05) is 13.0 Å². The van der Waals surface area contributed by atoms with E-state index in [0.717, 1.165) is 30.8 Å². The Kier molecular flexibility index (Phi) is 3.69. The van der Waals surface area contributed by atoms with Crippen LogP contribution in [-0.2, 0) is 11.2 Å². The molecule has 1 amide bonds. The van der Waals surface area contributed by atoms with Crippen molar-refractivity contribution < 1.29 is 4.79 Å². The van der Waals surface area contributed by atoms with Gasteiger partial charge in [0, 0.05) is 23.5 Å². The predicted molar refractivity (Wildman–Crippen MR) is 79.3 cm³/mol. The Labute approximate surface area is 115 Å². The summed E-state index contributed by atoms with van der Waals surface area (Å²) in [6, 6.07) is 5.93. The smallest absolute Gasteiger partial charge is 0.239 e. The zero-order chi connectivity index (χ0) is 14.0. The van der Waals surface area contributed by atoms with Crippen LogP contribution in [0.4, 0.5) is 11.4 Å². The molecule has 0 unspecified atom stereocenters. The van der Waals surface area contributed by atoms with Gasteiger partial charge in [0.2, 0.25) is 5.91 Å². The lowest BCUT2D eigenvalue weighted by Gasteiger charge is -2.27. The van der Waals surface area contributed by atoms with Crippen LogP contribution >= 0.6 is 0 Å². The first-order chi connectivity index (χ1) is 8.91. The number of nitrogen functional groups attached to an aromatic ring is 1. The van der Waals surface area contributed by atoms with E-state index in [-0.39, 0.29) is 11.4 Å². The number of hydrogen-bond acceptors (Lipinski definition) is 3. The molecule has 0 saturated heterocycles. The van der Waals surface area contributed by atoms with Crippen LogP contribution < -0.4 is 16.0 Å². The number of rotatable bonds is 4. The second kappa shape index (κ2) is 5.11. The van der Waals surface area contributed by atoms with Crippen LogP contribution in [-0.4, -0.2) is 24.5 Å². The number of nitrogens with two attached hydrogens (primary N) is 1. The molecular formula is C15H23N3O. The lowest BCUT2D eigenvalue weighted by molar-refractivity contribution is -0.121. The number of fused-ring (bicyclic) bond motifs is 1. The van der Waals surface area contributed by atoms with Gasteiger partial charge in [-0.3, -0.25) is 4.79 Å². The first-order valence-electron chi connectivity index (χ1n) is 6.85.